The van der Waals surface area contributed by atoms with Crippen LogP contribution >= 0.6 is 0 Å². The highest BCUT2D eigenvalue weighted by Crippen LogP contribution is 2.32. The van der Waals surface area contributed by atoms with Gasteiger partial charge in [0.15, 0.2) is 0 Å². The second-order valence-corrected chi connectivity index (χ2v) is 8.66. The van der Waals surface area contributed by atoms with Crippen LogP contribution in [0.3, 0.4) is 0 Å². The van der Waals surface area contributed by atoms with E-state index in [2.05, 4.69) is 65.3 Å². The maximum atomic E-state index is 11.0. The van der Waals surface area contributed by atoms with Crippen molar-refractivity contribution in [2.24, 2.45) is 0 Å². The second-order valence-electron chi connectivity index (χ2n) is 8.66. The monoisotopic (exact) mass is 394 g/mol. The lowest BCUT2D eigenvalue weighted by Gasteiger charge is -2.32. The van der Waals surface area contributed by atoms with Gasteiger partial charge in [0, 0.05) is 13.1 Å². The summed E-state index contributed by atoms with van der Waals surface area (Å²) in [5.41, 5.74) is 3.98. The van der Waals surface area contributed by atoms with Crippen LogP contribution in [-0.2, 0) is 6.54 Å². The van der Waals surface area contributed by atoms with Gasteiger partial charge in [-0.15, -0.1) is 0 Å². The lowest BCUT2D eigenvalue weighted by Crippen LogP contribution is -2.45. The molecule has 3 unspecified atom stereocenters. The first-order valence-electron chi connectivity index (χ1n) is 11.0. The maximum Gasteiger partial charge on any atom is 0.123 e. The molecule has 1 N–H and O–H groups in total. The van der Waals surface area contributed by atoms with Crippen LogP contribution in [0.15, 0.2) is 48.5 Å². The van der Waals surface area contributed by atoms with E-state index in [4.69, 9.17) is 4.74 Å². The average molecular weight is 395 g/mol. The molecule has 2 aliphatic rings. The van der Waals surface area contributed by atoms with Crippen LogP contribution in [0.1, 0.15) is 48.3 Å². The molecule has 0 amide bonds. The van der Waals surface area contributed by atoms with Gasteiger partial charge < -0.3 is 9.84 Å². The van der Waals surface area contributed by atoms with Gasteiger partial charge in [0.1, 0.15) is 12.0 Å². The van der Waals surface area contributed by atoms with Crippen LogP contribution < -0.4 is 4.74 Å². The van der Waals surface area contributed by atoms with E-state index < -0.39 is 0 Å². The molecule has 0 radical (unpaired) electrons. The Morgan fingerprint density at radius 2 is 1.69 bits per heavy atom. The lowest BCUT2D eigenvalue weighted by molar-refractivity contribution is -0.0192. The van der Waals surface area contributed by atoms with Crippen molar-refractivity contribution in [3.05, 3.63) is 65.2 Å². The number of hydrogen-bond donors (Lipinski definition) is 1. The number of rotatable bonds is 5. The van der Waals surface area contributed by atoms with Crippen molar-refractivity contribution in [2.45, 2.75) is 57.3 Å². The minimum absolute atomic E-state index is 0.259. The number of aliphatic hydroxyl groups excluding tert-OH is 1. The van der Waals surface area contributed by atoms with E-state index in [0.29, 0.717) is 5.92 Å². The molecule has 2 saturated heterocycles. The minimum Gasteiger partial charge on any atom is -0.497 e. The van der Waals surface area contributed by atoms with Gasteiger partial charge in [-0.2, -0.15) is 0 Å². The first-order chi connectivity index (χ1) is 14.1. The Balaban J connectivity index is 1.34. The van der Waals surface area contributed by atoms with Gasteiger partial charge in [-0.1, -0.05) is 42.0 Å². The van der Waals surface area contributed by atoms with Crippen molar-refractivity contribution < 1.29 is 9.84 Å². The number of hydrogen-bond acceptors (Lipinski definition) is 4. The predicted molar refractivity (Wildman–Crippen MR) is 117 cm³/mol. The Hall–Kier alpha value is -1.88. The van der Waals surface area contributed by atoms with E-state index in [0.717, 1.165) is 44.8 Å². The standard InChI is InChI=1S/C25H34N2O2/c1-19-5-7-20(8-6-19)18-27-17-14-24(25(27)28)26-15-3-4-21(13-16-26)22-9-11-23(29-2)12-10-22/h5-12,21,24-25,28H,3-4,13-18H2,1-2H3. The molecular formula is C25H34N2O2. The first kappa shape index (κ1) is 20.4. The molecule has 3 atom stereocenters. The van der Waals surface area contributed by atoms with E-state index in [-0.39, 0.29) is 12.3 Å². The fourth-order valence-corrected chi connectivity index (χ4v) is 4.95. The second kappa shape index (κ2) is 9.29. The number of aliphatic hydroxyl groups is 1. The number of nitrogens with zero attached hydrogens (tertiary/aromatic N) is 2. The number of ether oxygens (including phenoxy) is 1. The van der Waals surface area contributed by atoms with Crippen molar-refractivity contribution in [3.8, 4) is 5.75 Å². The third-order valence-electron chi connectivity index (χ3n) is 6.76. The van der Waals surface area contributed by atoms with Crippen molar-refractivity contribution in [3.63, 3.8) is 0 Å². The molecule has 4 heteroatoms. The Kier molecular flexibility index (Phi) is 6.53. The molecule has 2 aliphatic heterocycles. The number of benzene rings is 2. The van der Waals surface area contributed by atoms with Crippen LogP contribution in [-0.4, -0.2) is 53.9 Å². The largest absolute Gasteiger partial charge is 0.497 e. The van der Waals surface area contributed by atoms with Gasteiger partial charge in [0.05, 0.1) is 13.2 Å². The summed E-state index contributed by atoms with van der Waals surface area (Å²) in [6.45, 7) is 6.07. The zero-order valence-electron chi connectivity index (χ0n) is 17.8. The van der Waals surface area contributed by atoms with Gasteiger partial charge in [-0.05, 0) is 74.9 Å². The molecule has 0 aliphatic carbocycles. The maximum absolute atomic E-state index is 11.0. The molecule has 0 spiro atoms. The van der Waals surface area contributed by atoms with Crippen LogP contribution in [0.25, 0.3) is 0 Å². The van der Waals surface area contributed by atoms with E-state index in [1.54, 1.807) is 7.11 Å². The highest BCUT2D eigenvalue weighted by atomic mass is 16.5. The summed E-state index contributed by atoms with van der Waals surface area (Å²) in [5.74, 6) is 1.53. The summed E-state index contributed by atoms with van der Waals surface area (Å²) in [4.78, 5) is 4.78. The average Bonchev–Trinajstić information content (AvgIpc) is 2.95. The zero-order chi connectivity index (χ0) is 20.2. The van der Waals surface area contributed by atoms with Crippen LogP contribution in [0.5, 0.6) is 5.75 Å². The normalized spacial score (nSPS) is 26.4. The Morgan fingerprint density at radius 1 is 0.931 bits per heavy atom. The summed E-state index contributed by atoms with van der Waals surface area (Å²) < 4.78 is 5.30. The number of likely N-dealkylation sites (tertiary alicyclic amines) is 2. The van der Waals surface area contributed by atoms with Gasteiger partial charge in [0.25, 0.3) is 0 Å². The van der Waals surface area contributed by atoms with Gasteiger partial charge >= 0.3 is 0 Å². The summed E-state index contributed by atoms with van der Waals surface area (Å²) >= 11 is 0. The van der Waals surface area contributed by atoms with Crippen molar-refractivity contribution in [2.75, 3.05) is 26.7 Å². The zero-order valence-corrected chi connectivity index (χ0v) is 17.8. The summed E-state index contributed by atoms with van der Waals surface area (Å²) in [6.07, 6.45) is 4.26. The van der Waals surface area contributed by atoms with Crippen molar-refractivity contribution in [1.82, 2.24) is 9.80 Å². The topological polar surface area (TPSA) is 35.9 Å². The van der Waals surface area contributed by atoms with Crippen molar-refractivity contribution >= 4 is 0 Å². The van der Waals surface area contributed by atoms with E-state index in [1.807, 2.05) is 0 Å². The van der Waals surface area contributed by atoms with E-state index >= 15 is 0 Å². The van der Waals surface area contributed by atoms with E-state index in [9.17, 15) is 5.11 Å². The highest BCUT2D eigenvalue weighted by molar-refractivity contribution is 5.29. The van der Waals surface area contributed by atoms with Crippen LogP contribution in [0, 0.1) is 6.92 Å². The van der Waals surface area contributed by atoms with Gasteiger partial charge in [-0.25, -0.2) is 0 Å². The Labute approximate surface area is 175 Å². The van der Waals surface area contributed by atoms with Crippen molar-refractivity contribution in [1.29, 1.82) is 0 Å². The molecule has 0 aromatic heterocycles. The smallest absolute Gasteiger partial charge is 0.123 e. The minimum atomic E-state index is -0.367. The molecular weight excluding hydrogens is 360 g/mol. The van der Waals surface area contributed by atoms with Gasteiger partial charge in [-0.3, -0.25) is 9.80 Å². The fourth-order valence-electron chi connectivity index (χ4n) is 4.95. The predicted octanol–water partition coefficient (Wildman–Crippen LogP) is 4.17. The summed E-state index contributed by atoms with van der Waals surface area (Å²) in [7, 11) is 1.72. The molecule has 4 rings (SSSR count). The Morgan fingerprint density at radius 3 is 2.41 bits per heavy atom. The molecule has 2 aromatic rings. The molecule has 2 heterocycles. The molecule has 2 fully saturated rings. The van der Waals surface area contributed by atoms with E-state index in [1.165, 1.54) is 29.5 Å². The first-order valence-corrected chi connectivity index (χ1v) is 11.0. The number of methoxy groups -OCH3 is 1. The Bertz CT molecular complexity index is 774. The summed E-state index contributed by atoms with van der Waals surface area (Å²) in [5, 5.41) is 11.0. The van der Waals surface area contributed by atoms with Crippen LogP contribution in [0.2, 0.25) is 0 Å². The molecule has 0 saturated carbocycles. The quantitative estimate of drug-likeness (QED) is 0.826. The third kappa shape index (κ3) is 4.82. The summed E-state index contributed by atoms with van der Waals surface area (Å²) in [6, 6.07) is 17.5. The molecule has 4 nitrogen and oxygen atoms in total. The molecule has 29 heavy (non-hydrogen) atoms. The lowest BCUT2D eigenvalue weighted by atomic mass is 9.92. The SMILES string of the molecule is COc1ccc(C2CCCN(C3CCN(Cc4ccc(C)cc4)C3O)CC2)cc1. The van der Waals surface area contributed by atoms with Gasteiger partial charge in [0.2, 0.25) is 0 Å². The fraction of sp³-hybridized carbons (Fsp3) is 0.520. The van der Waals surface area contributed by atoms with Crippen LogP contribution in [0.4, 0.5) is 0 Å². The molecule has 156 valence electrons. The third-order valence-corrected chi connectivity index (χ3v) is 6.76. The molecule has 0 bridgehead atoms. The highest BCUT2D eigenvalue weighted by Gasteiger charge is 2.37. The number of aryl methyl sites for hydroxylation is 1. The molecule has 2 aromatic carbocycles.